The van der Waals surface area contributed by atoms with Gasteiger partial charge in [0.25, 0.3) is 5.91 Å². The van der Waals surface area contributed by atoms with Crippen LogP contribution < -0.4 is 10.1 Å². The van der Waals surface area contributed by atoms with Crippen LogP contribution in [-0.2, 0) is 0 Å². The lowest BCUT2D eigenvalue weighted by Crippen LogP contribution is -2.12. The van der Waals surface area contributed by atoms with Gasteiger partial charge >= 0.3 is 0 Å². The van der Waals surface area contributed by atoms with E-state index in [9.17, 15) is 4.79 Å². The van der Waals surface area contributed by atoms with Crippen molar-refractivity contribution in [2.45, 2.75) is 26.9 Å². The molecular weight excluding hydrogens is 308 g/mol. The first-order valence-electron chi connectivity index (χ1n) is 7.46. The topological polar surface area (TPSA) is 51.2 Å². The summed E-state index contributed by atoms with van der Waals surface area (Å²) in [5.41, 5.74) is 2.33. The minimum Gasteiger partial charge on any atom is -0.491 e. The summed E-state index contributed by atoms with van der Waals surface area (Å²) in [4.78, 5) is 16.7. The first kappa shape index (κ1) is 15.5. The second-order valence-corrected chi connectivity index (χ2v) is 6.80. The maximum atomic E-state index is 12.3. The van der Waals surface area contributed by atoms with Crippen molar-refractivity contribution in [1.29, 1.82) is 0 Å². The second-order valence-electron chi connectivity index (χ2n) is 5.56. The van der Waals surface area contributed by atoms with Gasteiger partial charge in [0.1, 0.15) is 5.75 Å². The molecule has 3 aromatic rings. The highest BCUT2D eigenvalue weighted by atomic mass is 32.1. The fourth-order valence-corrected chi connectivity index (χ4v) is 3.14. The minimum atomic E-state index is -0.137. The van der Waals surface area contributed by atoms with Crippen LogP contribution >= 0.6 is 11.3 Å². The predicted molar refractivity (Wildman–Crippen MR) is 94.5 cm³/mol. The molecular formula is C18H18N2O2S. The molecule has 0 atom stereocenters. The summed E-state index contributed by atoms with van der Waals surface area (Å²) in [5, 5.41) is 3.94. The first-order valence-corrected chi connectivity index (χ1v) is 8.28. The van der Waals surface area contributed by atoms with Crippen molar-refractivity contribution >= 4 is 33.1 Å². The van der Waals surface area contributed by atoms with Crippen LogP contribution in [0.15, 0.2) is 42.5 Å². The van der Waals surface area contributed by atoms with Gasteiger partial charge in [0.15, 0.2) is 0 Å². The largest absolute Gasteiger partial charge is 0.491 e. The summed E-state index contributed by atoms with van der Waals surface area (Å²) < 4.78 is 6.65. The fourth-order valence-electron chi connectivity index (χ4n) is 2.28. The van der Waals surface area contributed by atoms with E-state index in [4.69, 9.17) is 4.74 Å². The standard InChI is InChI=1S/C18H18N2O2S/c1-11(2)22-15-7-4-13(5-8-15)18(21)20-14-6-9-16-17(10-14)23-12(3)19-16/h4-11H,1-3H3,(H,20,21). The summed E-state index contributed by atoms with van der Waals surface area (Å²) in [7, 11) is 0. The predicted octanol–water partition coefficient (Wildman–Crippen LogP) is 4.64. The van der Waals surface area contributed by atoms with Crippen LogP contribution in [0.1, 0.15) is 29.2 Å². The average molecular weight is 326 g/mol. The van der Waals surface area contributed by atoms with Crippen LogP contribution in [0.2, 0.25) is 0 Å². The molecule has 0 fully saturated rings. The highest BCUT2D eigenvalue weighted by Crippen LogP contribution is 2.25. The van der Waals surface area contributed by atoms with Gasteiger partial charge < -0.3 is 10.1 Å². The van der Waals surface area contributed by atoms with Gasteiger partial charge in [-0.1, -0.05) is 0 Å². The molecule has 0 aliphatic carbocycles. The molecule has 118 valence electrons. The molecule has 0 aliphatic rings. The van der Waals surface area contributed by atoms with Crippen molar-refractivity contribution in [3.05, 3.63) is 53.0 Å². The van der Waals surface area contributed by atoms with E-state index in [1.165, 1.54) is 0 Å². The third kappa shape index (κ3) is 3.68. The third-order valence-electron chi connectivity index (χ3n) is 3.24. The Hall–Kier alpha value is -2.40. The van der Waals surface area contributed by atoms with Gasteiger partial charge in [-0.25, -0.2) is 4.98 Å². The Morgan fingerprint density at radius 1 is 1.17 bits per heavy atom. The van der Waals surface area contributed by atoms with Gasteiger partial charge in [-0.05, 0) is 63.2 Å². The quantitative estimate of drug-likeness (QED) is 0.759. The Morgan fingerprint density at radius 3 is 2.61 bits per heavy atom. The highest BCUT2D eigenvalue weighted by molar-refractivity contribution is 7.18. The zero-order chi connectivity index (χ0) is 16.4. The molecule has 0 spiro atoms. The normalized spacial score (nSPS) is 11.0. The average Bonchev–Trinajstić information content (AvgIpc) is 2.86. The van der Waals surface area contributed by atoms with Gasteiger partial charge in [0, 0.05) is 11.3 Å². The third-order valence-corrected chi connectivity index (χ3v) is 4.18. The smallest absolute Gasteiger partial charge is 0.255 e. The zero-order valence-corrected chi connectivity index (χ0v) is 14.1. The van der Waals surface area contributed by atoms with Crippen molar-refractivity contribution in [3.8, 4) is 5.75 Å². The molecule has 2 aromatic carbocycles. The molecule has 0 radical (unpaired) electrons. The molecule has 3 rings (SSSR count). The Kier molecular flexibility index (Phi) is 4.30. The Bertz CT molecular complexity index is 838. The van der Waals surface area contributed by atoms with Crippen LogP contribution in [0.25, 0.3) is 10.2 Å². The van der Waals surface area contributed by atoms with E-state index in [2.05, 4.69) is 10.3 Å². The monoisotopic (exact) mass is 326 g/mol. The number of aromatic nitrogens is 1. The maximum Gasteiger partial charge on any atom is 0.255 e. The fraction of sp³-hybridized carbons (Fsp3) is 0.222. The summed E-state index contributed by atoms with van der Waals surface area (Å²) in [6.07, 6.45) is 0.115. The van der Waals surface area contributed by atoms with Crippen LogP contribution in [0.3, 0.4) is 0 Å². The molecule has 1 amide bonds. The van der Waals surface area contributed by atoms with E-state index in [-0.39, 0.29) is 12.0 Å². The molecule has 5 heteroatoms. The lowest BCUT2D eigenvalue weighted by atomic mass is 10.2. The molecule has 0 aliphatic heterocycles. The number of anilines is 1. The number of fused-ring (bicyclic) bond motifs is 1. The van der Waals surface area contributed by atoms with Crippen molar-refractivity contribution in [3.63, 3.8) is 0 Å². The molecule has 4 nitrogen and oxygen atoms in total. The maximum absolute atomic E-state index is 12.3. The van der Waals surface area contributed by atoms with Crippen molar-refractivity contribution in [2.24, 2.45) is 0 Å². The van der Waals surface area contributed by atoms with Crippen LogP contribution in [0, 0.1) is 6.92 Å². The number of hydrogen-bond acceptors (Lipinski definition) is 4. The Balaban J connectivity index is 1.74. The molecule has 0 unspecified atom stereocenters. The molecule has 1 N–H and O–H groups in total. The van der Waals surface area contributed by atoms with Gasteiger partial charge in [-0.3, -0.25) is 4.79 Å². The lowest BCUT2D eigenvalue weighted by Gasteiger charge is -2.10. The number of benzene rings is 2. The molecule has 0 saturated heterocycles. The van der Waals surface area contributed by atoms with E-state index in [1.807, 2.05) is 51.1 Å². The number of nitrogens with one attached hydrogen (secondary N) is 1. The Morgan fingerprint density at radius 2 is 1.91 bits per heavy atom. The Labute approximate surface area is 139 Å². The van der Waals surface area contributed by atoms with Crippen LogP contribution in [0.5, 0.6) is 5.75 Å². The van der Waals surface area contributed by atoms with E-state index in [1.54, 1.807) is 23.5 Å². The lowest BCUT2D eigenvalue weighted by molar-refractivity contribution is 0.102. The number of nitrogens with zero attached hydrogens (tertiary/aromatic N) is 1. The van der Waals surface area contributed by atoms with E-state index in [0.29, 0.717) is 5.56 Å². The van der Waals surface area contributed by atoms with Crippen molar-refractivity contribution < 1.29 is 9.53 Å². The molecule has 0 bridgehead atoms. The van der Waals surface area contributed by atoms with Crippen molar-refractivity contribution in [2.75, 3.05) is 5.32 Å². The number of hydrogen-bond donors (Lipinski definition) is 1. The number of carbonyl (C=O) groups excluding carboxylic acids is 1. The van der Waals surface area contributed by atoms with E-state index >= 15 is 0 Å². The van der Waals surface area contributed by atoms with E-state index < -0.39 is 0 Å². The highest BCUT2D eigenvalue weighted by Gasteiger charge is 2.08. The SMILES string of the molecule is Cc1nc2ccc(NC(=O)c3ccc(OC(C)C)cc3)cc2s1. The number of amides is 1. The molecule has 23 heavy (non-hydrogen) atoms. The summed E-state index contributed by atoms with van der Waals surface area (Å²) in [5.74, 6) is 0.625. The molecule has 0 saturated carbocycles. The minimum absolute atomic E-state index is 0.115. The summed E-state index contributed by atoms with van der Waals surface area (Å²) >= 11 is 1.62. The van der Waals surface area contributed by atoms with E-state index in [0.717, 1.165) is 26.7 Å². The zero-order valence-electron chi connectivity index (χ0n) is 13.3. The van der Waals surface area contributed by atoms with Crippen molar-refractivity contribution in [1.82, 2.24) is 4.98 Å². The number of thiazole rings is 1. The van der Waals surface area contributed by atoms with Gasteiger partial charge in [-0.2, -0.15) is 0 Å². The summed E-state index contributed by atoms with van der Waals surface area (Å²) in [6, 6.07) is 12.9. The van der Waals surface area contributed by atoms with Crippen LogP contribution in [-0.4, -0.2) is 17.0 Å². The van der Waals surface area contributed by atoms with Crippen LogP contribution in [0.4, 0.5) is 5.69 Å². The summed E-state index contributed by atoms with van der Waals surface area (Å²) in [6.45, 7) is 5.92. The second kappa shape index (κ2) is 6.38. The number of ether oxygens (including phenoxy) is 1. The number of rotatable bonds is 4. The number of carbonyl (C=O) groups is 1. The van der Waals surface area contributed by atoms with Gasteiger partial charge in [0.05, 0.1) is 21.3 Å². The molecule has 1 aromatic heterocycles. The molecule has 1 heterocycles. The van der Waals surface area contributed by atoms with Gasteiger partial charge in [0.2, 0.25) is 0 Å². The number of aryl methyl sites for hydroxylation is 1. The van der Waals surface area contributed by atoms with Gasteiger partial charge in [-0.15, -0.1) is 11.3 Å². The first-order chi connectivity index (χ1) is 11.0.